The number of hydrogen-bond donors (Lipinski definition) is 3. The van der Waals surface area contributed by atoms with E-state index in [2.05, 4.69) is 27.6 Å². The molecule has 1 fully saturated rings. The minimum atomic E-state index is -1.26. The summed E-state index contributed by atoms with van der Waals surface area (Å²) in [6.07, 6.45) is 0.534. The fraction of sp³-hybridized carbons (Fsp3) is 0.731. The van der Waals surface area contributed by atoms with E-state index >= 15 is 0 Å². The van der Waals surface area contributed by atoms with Crippen molar-refractivity contribution in [3.8, 4) is 0 Å². The Labute approximate surface area is 226 Å². The number of cyclic esters (lactones) is 1. The first kappa shape index (κ1) is 30.3. The topological polar surface area (TPSA) is 117 Å². The average Bonchev–Trinajstić information content (AvgIpc) is 3.20. The maximum atomic E-state index is 13.2. The summed E-state index contributed by atoms with van der Waals surface area (Å²) in [4.78, 5) is 30.5. The Balaban J connectivity index is 2.33. The molecule has 0 bridgehead atoms. The molecule has 1 aromatic rings. The highest BCUT2D eigenvalue weighted by molar-refractivity contribution is 14.1. The number of esters is 1. The van der Waals surface area contributed by atoms with Crippen LogP contribution in [0.25, 0.3) is 6.08 Å². The summed E-state index contributed by atoms with van der Waals surface area (Å²) in [7, 11) is 0. The smallest absolute Gasteiger partial charge is 0.309 e. The molecule has 2 rings (SSSR count). The predicted octanol–water partition coefficient (Wildman–Crippen LogP) is 4.48. The standard InChI is InChI=1S/C26H40INO6S/c1-14-8-7-9-20(29)19(27)11-21(15(2)10-18-13-35-17(4)28-18)34-23(31)12-22(30)26(5,6)25(33)16(3)24(14)32/h10,13-14,16,19-22,24,29-30,32H,7-9,11-12H2,1-6H3/b15-10+/t14-,16+,19+,20+,21-,22-,24-/m0/s1. The Morgan fingerprint density at radius 1 is 1.23 bits per heavy atom. The summed E-state index contributed by atoms with van der Waals surface area (Å²) < 4.78 is 5.64. The number of aromatic nitrogens is 1. The number of aliphatic hydroxyl groups is 3. The minimum absolute atomic E-state index is 0.140. The molecule has 1 saturated heterocycles. The van der Waals surface area contributed by atoms with Crippen LogP contribution in [-0.4, -0.2) is 60.4 Å². The molecule has 7 atom stereocenters. The van der Waals surface area contributed by atoms with Gasteiger partial charge in [0.05, 0.1) is 40.8 Å². The van der Waals surface area contributed by atoms with Crippen LogP contribution in [-0.2, 0) is 14.3 Å². The number of nitrogens with zero attached hydrogens (tertiary/aromatic N) is 1. The predicted molar refractivity (Wildman–Crippen MR) is 146 cm³/mol. The number of aliphatic hydroxyl groups excluding tert-OH is 3. The number of ketones is 1. The van der Waals surface area contributed by atoms with E-state index in [1.54, 1.807) is 20.8 Å². The van der Waals surface area contributed by atoms with Crippen molar-refractivity contribution >= 4 is 51.8 Å². The van der Waals surface area contributed by atoms with Gasteiger partial charge in [-0.15, -0.1) is 11.3 Å². The molecular formula is C26H40INO6S. The van der Waals surface area contributed by atoms with E-state index in [0.29, 0.717) is 25.7 Å². The third-order valence-electron chi connectivity index (χ3n) is 7.15. The molecule has 1 aliphatic heterocycles. The number of aryl methyl sites for hydroxylation is 1. The van der Waals surface area contributed by atoms with Gasteiger partial charge in [0.2, 0.25) is 0 Å². The van der Waals surface area contributed by atoms with Crippen molar-refractivity contribution in [2.24, 2.45) is 17.3 Å². The van der Waals surface area contributed by atoms with Gasteiger partial charge in [0.25, 0.3) is 0 Å². The number of carbonyl (C=O) groups excluding carboxylic acids is 2. The summed E-state index contributed by atoms with van der Waals surface area (Å²) in [5.74, 6) is -1.74. The van der Waals surface area contributed by atoms with E-state index in [-0.39, 0.29) is 22.0 Å². The Kier molecular flexibility index (Phi) is 11.3. The number of rotatable bonds is 2. The van der Waals surface area contributed by atoms with Gasteiger partial charge >= 0.3 is 5.97 Å². The quantitative estimate of drug-likeness (QED) is 0.253. The lowest BCUT2D eigenvalue weighted by Crippen LogP contribution is -2.45. The molecule has 0 unspecified atom stereocenters. The zero-order valence-electron chi connectivity index (χ0n) is 21.5. The highest BCUT2D eigenvalue weighted by Crippen LogP contribution is 2.33. The van der Waals surface area contributed by atoms with E-state index in [1.165, 1.54) is 11.3 Å². The molecule has 35 heavy (non-hydrogen) atoms. The SMILES string of the molecule is C/C(=C\c1csc(C)n1)[C@@H]1C[C@@H](I)[C@H](O)CCC[C@H](C)[C@H](O)[C@@H](C)C(=O)C(C)(C)[C@@H](O)CC(=O)O1. The molecule has 198 valence electrons. The fourth-order valence-corrected chi connectivity index (χ4v) is 5.87. The average molecular weight is 622 g/mol. The van der Waals surface area contributed by atoms with Crippen LogP contribution in [0.4, 0.5) is 0 Å². The third-order valence-corrected chi connectivity index (χ3v) is 9.28. The molecule has 1 aromatic heterocycles. The van der Waals surface area contributed by atoms with E-state index < -0.39 is 41.7 Å². The van der Waals surface area contributed by atoms with Gasteiger partial charge in [-0.3, -0.25) is 9.59 Å². The van der Waals surface area contributed by atoms with Crippen LogP contribution in [0.2, 0.25) is 0 Å². The molecule has 0 saturated carbocycles. The van der Waals surface area contributed by atoms with Crippen molar-refractivity contribution in [1.29, 1.82) is 0 Å². The molecule has 3 N–H and O–H groups in total. The largest absolute Gasteiger partial charge is 0.458 e. The Morgan fingerprint density at radius 2 is 1.89 bits per heavy atom. The van der Waals surface area contributed by atoms with Crippen molar-refractivity contribution in [3.05, 3.63) is 21.7 Å². The summed E-state index contributed by atoms with van der Waals surface area (Å²) in [6.45, 7) is 10.6. The number of ether oxygens (including phenoxy) is 1. The lowest BCUT2D eigenvalue weighted by Gasteiger charge is -2.35. The van der Waals surface area contributed by atoms with Gasteiger partial charge in [-0.05, 0) is 44.3 Å². The van der Waals surface area contributed by atoms with Crippen LogP contribution in [0, 0.1) is 24.2 Å². The monoisotopic (exact) mass is 621 g/mol. The van der Waals surface area contributed by atoms with Crippen LogP contribution in [0.15, 0.2) is 11.0 Å². The molecule has 0 amide bonds. The van der Waals surface area contributed by atoms with Crippen LogP contribution in [0.1, 0.15) is 77.4 Å². The molecule has 0 spiro atoms. The van der Waals surface area contributed by atoms with Crippen molar-refractivity contribution in [3.63, 3.8) is 0 Å². The first-order chi connectivity index (χ1) is 16.2. The molecule has 1 aliphatic rings. The highest BCUT2D eigenvalue weighted by atomic mass is 127. The zero-order chi connectivity index (χ0) is 26.5. The van der Waals surface area contributed by atoms with Gasteiger partial charge in [0.15, 0.2) is 0 Å². The van der Waals surface area contributed by atoms with E-state index in [9.17, 15) is 24.9 Å². The van der Waals surface area contributed by atoms with E-state index in [0.717, 1.165) is 16.3 Å². The maximum absolute atomic E-state index is 13.2. The Bertz CT molecular complexity index is 900. The van der Waals surface area contributed by atoms with Gasteiger partial charge in [0.1, 0.15) is 11.9 Å². The number of carbonyl (C=O) groups is 2. The second kappa shape index (κ2) is 13.1. The number of alkyl halides is 1. The van der Waals surface area contributed by atoms with Crippen molar-refractivity contribution in [2.45, 2.75) is 102 Å². The van der Waals surface area contributed by atoms with E-state index in [4.69, 9.17) is 4.74 Å². The molecule has 0 aromatic carbocycles. The van der Waals surface area contributed by atoms with E-state index in [1.807, 2.05) is 32.2 Å². The van der Waals surface area contributed by atoms with Crippen LogP contribution in [0.3, 0.4) is 0 Å². The minimum Gasteiger partial charge on any atom is -0.458 e. The molecule has 2 heterocycles. The van der Waals surface area contributed by atoms with Crippen LogP contribution in [0.5, 0.6) is 0 Å². The summed E-state index contributed by atoms with van der Waals surface area (Å²) in [5.41, 5.74) is 0.359. The normalized spacial score (nSPS) is 34.5. The third kappa shape index (κ3) is 8.31. The number of halogens is 1. The summed E-state index contributed by atoms with van der Waals surface area (Å²) in [5, 5.41) is 35.2. The summed E-state index contributed by atoms with van der Waals surface area (Å²) >= 11 is 3.73. The van der Waals surface area contributed by atoms with Crippen molar-refractivity contribution in [2.75, 3.05) is 0 Å². The van der Waals surface area contributed by atoms with Crippen molar-refractivity contribution in [1.82, 2.24) is 4.98 Å². The second-order valence-corrected chi connectivity index (χ2v) is 13.1. The molecule has 0 radical (unpaired) electrons. The molecule has 9 heteroatoms. The number of Topliss-reactive ketones (excluding diaryl/α,β-unsaturated/α-hetero) is 1. The molecule has 0 aliphatic carbocycles. The van der Waals surface area contributed by atoms with Gasteiger partial charge < -0.3 is 20.1 Å². The van der Waals surface area contributed by atoms with Crippen molar-refractivity contribution < 1.29 is 29.6 Å². The number of thiazole rings is 1. The molecule has 7 nitrogen and oxygen atoms in total. The second-order valence-electron chi connectivity index (χ2n) is 10.5. The fourth-order valence-electron chi connectivity index (χ4n) is 4.48. The first-order valence-electron chi connectivity index (χ1n) is 12.3. The Morgan fingerprint density at radius 3 is 2.49 bits per heavy atom. The van der Waals surface area contributed by atoms with Gasteiger partial charge in [0, 0.05) is 21.6 Å². The first-order valence-corrected chi connectivity index (χ1v) is 14.4. The lowest BCUT2D eigenvalue weighted by molar-refractivity contribution is -0.154. The summed E-state index contributed by atoms with van der Waals surface area (Å²) in [6, 6.07) is 0. The number of hydrogen-bond acceptors (Lipinski definition) is 8. The molecular weight excluding hydrogens is 581 g/mol. The van der Waals surface area contributed by atoms with Crippen LogP contribution >= 0.6 is 33.9 Å². The van der Waals surface area contributed by atoms with Gasteiger partial charge in [-0.1, -0.05) is 56.7 Å². The van der Waals surface area contributed by atoms with Gasteiger partial charge in [-0.25, -0.2) is 4.98 Å². The van der Waals surface area contributed by atoms with Gasteiger partial charge in [-0.2, -0.15) is 0 Å². The Hall–Kier alpha value is -0.880. The maximum Gasteiger partial charge on any atom is 0.309 e. The lowest BCUT2D eigenvalue weighted by atomic mass is 9.73. The van der Waals surface area contributed by atoms with Crippen LogP contribution < -0.4 is 0 Å². The highest BCUT2D eigenvalue weighted by Gasteiger charge is 2.42. The zero-order valence-corrected chi connectivity index (χ0v) is 24.5.